The first-order valence-corrected chi connectivity index (χ1v) is 7.20. The number of hydrogen-bond donors (Lipinski definition) is 3. The number of phosphoric acid groups is 1. The summed E-state index contributed by atoms with van der Waals surface area (Å²) >= 11 is 0. The lowest BCUT2D eigenvalue weighted by molar-refractivity contribution is -0.222. The number of aliphatic hydroxyl groups excluding tert-OH is 1. The van der Waals surface area contributed by atoms with Gasteiger partial charge < -0.3 is 24.2 Å². The molecule has 10 nitrogen and oxygen atoms in total. The van der Waals surface area contributed by atoms with Gasteiger partial charge in [-0.1, -0.05) is 0 Å². The van der Waals surface area contributed by atoms with E-state index in [0.29, 0.717) is 6.20 Å². The van der Waals surface area contributed by atoms with E-state index < -0.39 is 49.9 Å². The topological polar surface area (TPSA) is 154 Å². The number of nitrogens with one attached hydrogen (secondary N) is 1. The van der Waals surface area contributed by atoms with Crippen LogP contribution in [0.4, 0.5) is 4.39 Å². The molecule has 1 aromatic heterocycles. The second-order valence-corrected chi connectivity index (χ2v) is 5.54. The summed E-state index contributed by atoms with van der Waals surface area (Å²) in [5.74, 6) is -1.22. The van der Waals surface area contributed by atoms with Crippen molar-refractivity contribution < 1.29 is 33.1 Å². The number of nitrogens with zero attached hydrogens (tertiary/aromatic N) is 1. The Balaban J connectivity index is 2.14. The molecule has 1 saturated heterocycles. The van der Waals surface area contributed by atoms with Crippen LogP contribution in [0.1, 0.15) is 12.6 Å². The third kappa shape index (κ3) is 3.84. The van der Waals surface area contributed by atoms with Gasteiger partial charge in [0, 0.05) is 6.42 Å². The number of hydrogen-bond acceptors (Lipinski definition) is 7. The molecule has 0 aromatic carbocycles. The second kappa shape index (κ2) is 5.79. The monoisotopic (exact) mass is 325 g/mol. The van der Waals surface area contributed by atoms with Crippen LogP contribution in [0, 0.1) is 5.82 Å². The normalized spacial score (nSPS) is 28.5. The highest BCUT2D eigenvalue weighted by Gasteiger charge is 2.36. The second-order valence-electron chi connectivity index (χ2n) is 4.34. The number of aliphatic hydroxyl groups is 1. The maximum Gasteiger partial charge on any atom is 0.330 e. The fourth-order valence-corrected chi connectivity index (χ4v) is 2.21. The molecule has 2 heterocycles. The maximum absolute atomic E-state index is 13.2. The van der Waals surface area contributed by atoms with Crippen LogP contribution in [0.3, 0.4) is 0 Å². The van der Waals surface area contributed by atoms with Gasteiger partial charge in [0.15, 0.2) is 0 Å². The van der Waals surface area contributed by atoms with E-state index in [1.54, 1.807) is 4.98 Å². The quantitative estimate of drug-likeness (QED) is 0.527. The highest BCUT2D eigenvalue weighted by atomic mass is 31.2. The Hall–Kier alpha value is -1.36. The van der Waals surface area contributed by atoms with Crippen molar-refractivity contribution in [2.24, 2.45) is 0 Å². The smallest absolute Gasteiger partial charge is 0.330 e. The Labute approximate surface area is 116 Å². The van der Waals surface area contributed by atoms with Crippen LogP contribution < -0.4 is 16.1 Å². The maximum atomic E-state index is 13.2. The molecule has 4 atom stereocenters. The number of phosphoric ester groups is 1. The lowest BCUT2D eigenvalue weighted by Gasteiger charge is -2.20. The van der Waals surface area contributed by atoms with Gasteiger partial charge in [-0.2, -0.15) is 4.39 Å². The van der Waals surface area contributed by atoms with Gasteiger partial charge in [0.05, 0.1) is 18.9 Å². The van der Waals surface area contributed by atoms with Gasteiger partial charge in [-0.3, -0.25) is 18.9 Å². The molecule has 2 unspecified atom stereocenters. The van der Waals surface area contributed by atoms with Crippen molar-refractivity contribution in [1.82, 2.24) is 9.55 Å². The molecule has 1 aliphatic heterocycles. The van der Waals surface area contributed by atoms with Gasteiger partial charge in [0.2, 0.25) is 5.82 Å². The molecule has 0 bridgehead atoms. The lowest BCUT2D eigenvalue weighted by atomic mass is 10.2. The van der Waals surface area contributed by atoms with Gasteiger partial charge in [-0.15, -0.1) is 0 Å². The summed E-state index contributed by atoms with van der Waals surface area (Å²) in [6, 6.07) is 0. The van der Waals surface area contributed by atoms with Gasteiger partial charge in [0.25, 0.3) is 13.4 Å². The van der Waals surface area contributed by atoms with E-state index in [4.69, 9.17) is 9.63 Å². The zero-order chi connectivity index (χ0) is 15.8. The van der Waals surface area contributed by atoms with Crippen molar-refractivity contribution in [1.29, 1.82) is 0 Å². The molecule has 0 aliphatic carbocycles. The molecule has 3 N–H and O–H groups in total. The zero-order valence-electron chi connectivity index (χ0n) is 10.3. The highest BCUT2D eigenvalue weighted by molar-refractivity contribution is 7.44. The molecule has 2 rings (SSSR count). The van der Waals surface area contributed by atoms with Crippen molar-refractivity contribution >= 4 is 7.82 Å². The standard InChI is InChI=1S/C9H12FN2O8P/c10-4-2-12(9(15)11-8(4)14)7-1-5(13)6(20-7)3-19-21(16,17)18/h2,5-7,13H,1,3H2,(H,11,14,15)(H2,16,17,18)/p-1/t5?,6-,7-/m1/s1. The summed E-state index contributed by atoms with van der Waals surface area (Å²) in [6.45, 7) is -0.671. The molecule has 12 heteroatoms. The van der Waals surface area contributed by atoms with E-state index in [2.05, 4.69) is 4.52 Å². The van der Waals surface area contributed by atoms with Crippen molar-refractivity contribution in [3.8, 4) is 0 Å². The highest BCUT2D eigenvalue weighted by Crippen LogP contribution is 2.34. The molecule has 0 spiro atoms. The summed E-state index contributed by atoms with van der Waals surface area (Å²) < 4.78 is 33.6. The number of rotatable bonds is 4. The predicted octanol–water partition coefficient (Wildman–Crippen LogP) is -2.20. The summed E-state index contributed by atoms with van der Waals surface area (Å²) in [4.78, 5) is 43.1. The zero-order valence-corrected chi connectivity index (χ0v) is 11.2. The van der Waals surface area contributed by atoms with Crippen LogP contribution in [0.25, 0.3) is 0 Å². The number of halogens is 1. The largest absolute Gasteiger partial charge is 0.756 e. The third-order valence-corrected chi connectivity index (χ3v) is 3.32. The molecule has 1 aromatic rings. The van der Waals surface area contributed by atoms with Gasteiger partial charge in [-0.25, -0.2) is 4.79 Å². The number of aromatic amines is 1. The fraction of sp³-hybridized carbons (Fsp3) is 0.556. The molecule has 0 amide bonds. The van der Waals surface area contributed by atoms with Gasteiger partial charge in [-0.05, 0) is 0 Å². The summed E-state index contributed by atoms with van der Waals surface area (Å²) in [5.41, 5.74) is -2.14. The Morgan fingerprint density at radius 1 is 1.62 bits per heavy atom. The fourth-order valence-electron chi connectivity index (χ4n) is 1.88. The molecule has 1 fully saturated rings. The Kier molecular flexibility index (Phi) is 4.42. The van der Waals surface area contributed by atoms with Crippen LogP contribution in [-0.2, 0) is 13.8 Å². The number of aromatic nitrogens is 2. The average Bonchev–Trinajstić information content (AvgIpc) is 2.72. The molecule has 1 aliphatic rings. The average molecular weight is 325 g/mol. The van der Waals surface area contributed by atoms with Crippen LogP contribution >= 0.6 is 7.82 Å². The van der Waals surface area contributed by atoms with Crippen LogP contribution in [-0.4, -0.2) is 38.4 Å². The molecular weight excluding hydrogens is 314 g/mol. The van der Waals surface area contributed by atoms with Crippen LogP contribution in [0.2, 0.25) is 0 Å². The summed E-state index contributed by atoms with van der Waals surface area (Å²) in [5, 5.41) is 9.67. The van der Waals surface area contributed by atoms with E-state index in [1.807, 2.05) is 0 Å². The van der Waals surface area contributed by atoms with Crippen molar-refractivity contribution in [2.45, 2.75) is 24.9 Å². The van der Waals surface area contributed by atoms with E-state index in [-0.39, 0.29) is 6.42 Å². The summed E-state index contributed by atoms with van der Waals surface area (Å²) in [7, 11) is -4.98. The molecule has 21 heavy (non-hydrogen) atoms. The lowest BCUT2D eigenvalue weighted by Crippen LogP contribution is -2.34. The van der Waals surface area contributed by atoms with Crippen molar-refractivity contribution in [2.75, 3.05) is 6.61 Å². The molecular formula is C9H11FN2O8P-. The number of ether oxygens (including phenoxy) is 1. The predicted molar refractivity (Wildman–Crippen MR) is 61.6 cm³/mol. The Morgan fingerprint density at radius 2 is 2.29 bits per heavy atom. The minimum absolute atomic E-state index is 0.159. The van der Waals surface area contributed by atoms with Crippen molar-refractivity contribution in [3.63, 3.8) is 0 Å². The molecule has 0 saturated carbocycles. The first-order valence-electron chi connectivity index (χ1n) is 5.70. The third-order valence-electron chi connectivity index (χ3n) is 2.84. The minimum Gasteiger partial charge on any atom is -0.756 e. The SMILES string of the molecule is O=c1[nH]c(=O)n([C@H]2CC(O)[C@@H](COP(=O)([O-])O)O2)cc1F. The molecule has 118 valence electrons. The van der Waals surface area contributed by atoms with E-state index in [0.717, 1.165) is 4.57 Å². The Morgan fingerprint density at radius 3 is 2.90 bits per heavy atom. The Bertz CT molecular complexity index is 681. The van der Waals surface area contributed by atoms with Crippen LogP contribution in [0.15, 0.2) is 15.8 Å². The van der Waals surface area contributed by atoms with Crippen LogP contribution in [0.5, 0.6) is 0 Å². The summed E-state index contributed by atoms with van der Waals surface area (Å²) in [6.07, 6.45) is -3.01. The van der Waals surface area contributed by atoms with E-state index in [1.165, 1.54) is 0 Å². The van der Waals surface area contributed by atoms with Crippen molar-refractivity contribution in [3.05, 3.63) is 32.9 Å². The van der Waals surface area contributed by atoms with Gasteiger partial charge >= 0.3 is 5.69 Å². The molecule has 0 radical (unpaired) electrons. The van der Waals surface area contributed by atoms with E-state index in [9.17, 15) is 28.5 Å². The first kappa shape index (κ1) is 16.0. The van der Waals surface area contributed by atoms with E-state index >= 15 is 0 Å². The van der Waals surface area contributed by atoms with Gasteiger partial charge in [0.1, 0.15) is 12.3 Å². The first-order chi connectivity index (χ1) is 9.67. The number of H-pyrrole nitrogens is 1. The minimum atomic E-state index is -4.98.